The molecular formula is C11H12BrClN4. The second-order valence-electron chi connectivity index (χ2n) is 3.69. The maximum absolute atomic E-state index is 5.84. The standard InChI is InChI=1S/C11H12BrClN4/c1-17-7-8(5-15-17)4-14-6-10-9(12)2-3-11(13)16-10/h2-3,5,7,14H,4,6H2,1H3. The summed E-state index contributed by atoms with van der Waals surface area (Å²) in [6, 6.07) is 3.66. The van der Waals surface area contributed by atoms with Gasteiger partial charge in [0.25, 0.3) is 0 Å². The highest BCUT2D eigenvalue weighted by atomic mass is 79.9. The van der Waals surface area contributed by atoms with E-state index in [0.29, 0.717) is 11.7 Å². The van der Waals surface area contributed by atoms with Crippen LogP contribution < -0.4 is 5.32 Å². The van der Waals surface area contributed by atoms with Gasteiger partial charge in [-0.15, -0.1) is 0 Å². The van der Waals surface area contributed by atoms with E-state index in [2.05, 4.69) is 31.3 Å². The van der Waals surface area contributed by atoms with Crippen molar-refractivity contribution in [3.8, 4) is 0 Å². The highest BCUT2D eigenvalue weighted by Gasteiger charge is 2.03. The zero-order valence-corrected chi connectivity index (χ0v) is 11.7. The first kappa shape index (κ1) is 12.5. The van der Waals surface area contributed by atoms with Crippen molar-refractivity contribution in [3.63, 3.8) is 0 Å². The summed E-state index contributed by atoms with van der Waals surface area (Å²) in [7, 11) is 1.90. The fourth-order valence-electron chi connectivity index (χ4n) is 1.47. The summed E-state index contributed by atoms with van der Waals surface area (Å²) in [5.74, 6) is 0. The average Bonchev–Trinajstić information content (AvgIpc) is 2.69. The van der Waals surface area contributed by atoms with Crippen LogP contribution >= 0.6 is 27.5 Å². The van der Waals surface area contributed by atoms with Gasteiger partial charge in [-0.05, 0) is 28.1 Å². The Hall–Kier alpha value is -0.910. The SMILES string of the molecule is Cn1cc(CNCc2nc(Cl)ccc2Br)cn1. The normalized spacial score (nSPS) is 10.8. The molecule has 90 valence electrons. The number of rotatable bonds is 4. The minimum absolute atomic E-state index is 0.506. The van der Waals surface area contributed by atoms with Gasteiger partial charge in [0.05, 0.1) is 11.9 Å². The molecule has 0 fully saturated rings. The maximum Gasteiger partial charge on any atom is 0.129 e. The molecule has 0 atom stereocenters. The third-order valence-electron chi connectivity index (χ3n) is 2.26. The van der Waals surface area contributed by atoms with Gasteiger partial charge in [0, 0.05) is 36.4 Å². The van der Waals surface area contributed by atoms with Gasteiger partial charge in [0.2, 0.25) is 0 Å². The lowest BCUT2D eigenvalue weighted by molar-refractivity contribution is 0.676. The number of halogens is 2. The van der Waals surface area contributed by atoms with E-state index in [9.17, 15) is 0 Å². The van der Waals surface area contributed by atoms with Gasteiger partial charge in [0.15, 0.2) is 0 Å². The monoisotopic (exact) mass is 314 g/mol. The van der Waals surface area contributed by atoms with Gasteiger partial charge in [0.1, 0.15) is 5.15 Å². The predicted molar refractivity (Wildman–Crippen MR) is 70.7 cm³/mol. The second-order valence-corrected chi connectivity index (χ2v) is 4.93. The molecule has 0 spiro atoms. The molecule has 4 nitrogen and oxygen atoms in total. The lowest BCUT2D eigenvalue weighted by Gasteiger charge is -2.05. The van der Waals surface area contributed by atoms with Crippen molar-refractivity contribution in [3.05, 3.63) is 45.4 Å². The van der Waals surface area contributed by atoms with Crippen LogP contribution in [0.2, 0.25) is 5.15 Å². The molecule has 0 saturated carbocycles. The number of pyridine rings is 1. The minimum Gasteiger partial charge on any atom is -0.307 e. The summed E-state index contributed by atoms with van der Waals surface area (Å²) in [6.07, 6.45) is 3.82. The van der Waals surface area contributed by atoms with E-state index >= 15 is 0 Å². The Morgan fingerprint density at radius 3 is 2.94 bits per heavy atom. The first-order chi connectivity index (χ1) is 8.15. The van der Waals surface area contributed by atoms with Crippen molar-refractivity contribution in [2.24, 2.45) is 7.05 Å². The largest absolute Gasteiger partial charge is 0.307 e. The van der Waals surface area contributed by atoms with Crippen LogP contribution in [0.4, 0.5) is 0 Å². The van der Waals surface area contributed by atoms with Crippen molar-refractivity contribution >= 4 is 27.5 Å². The molecule has 2 aromatic rings. The van der Waals surface area contributed by atoms with Crippen LogP contribution in [0, 0.1) is 0 Å². The summed E-state index contributed by atoms with van der Waals surface area (Å²) < 4.78 is 2.74. The molecule has 17 heavy (non-hydrogen) atoms. The van der Waals surface area contributed by atoms with E-state index in [1.54, 1.807) is 10.7 Å². The number of aryl methyl sites for hydroxylation is 1. The first-order valence-electron chi connectivity index (χ1n) is 5.14. The number of hydrogen-bond acceptors (Lipinski definition) is 3. The Morgan fingerprint density at radius 2 is 2.24 bits per heavy atom. The summed E-state index contributed by atoms with van der Waals surface area (Å²) in [5, 5.41) is 7.91. The van der Waals surface area contributed by atoms with Crippen molar-refractivity contribution in [2.75, 3.05) is 0 Å². The number of nitrogens with zero attached hydrogens (tertiary/aromatic N) is 3. The number of nitrogens with one attached hydrogen (secondary N) is 1. The number of hydrogen-bond donors (Lipinski definition) is 1. The van der Waals surface area contributed by atoms with E-state index < -0.39 is 0 Å². The Morgan fingerprint density at radius 1 is 1.41 bits per heavy atom. The summed E-state index contributed by atoms with van der Waals surface area (Å²) in [5.41, 5.74) is 2.05. The third-order valence-corrected chi connectivity index (χ3v) is 3.20. The molecule has 0 radical (unpaired) electrons. The summed E-state index contributed by atoms with van der Waals surface area (Å²) in [4.78, 5) is 4.24. The smallest absolute Gasteiger partial charge is 0.129 e. The average molecular weight is 316 g/mol. The van der Waals surface area contributed by atoms with Crippen molar-refractivity contribution < 1.29 is 0 Å². The van der Waals surface area contributed by atoms with Crippen LogP contribution in [-0.4, -0.2) is 14.8 Å². The van der Waals surface area contributed by atoms with Gasteiger partial charge in [-0.2, -0.15) is 5.10 Å². The van der Waals surface area contributed by atoms with E-state index in [1.165, 1.54) is 0 Å². The van der Waals surface area contributed by atoms with Gasteiger partial charge >= 0.3 is 0 Å². The zero-order chi connectivity index (χ0) is 12.3. The Labute approximate surface area is 113 Å². The van der Waals surface area contributed by atoms with Crippen LogP contribution in [0.15, 0.2) is 29.0 Å². The topological polar surface area (TPSA) is 42.7 Å². The van der Waals surface area contributed by atoms with E-state index in [0.717, 1.165) is 22.3 Å². The second kappa shape index (κ2) is 5.62. The van der Waals surface area contributed by atoms with Gasteiger partial charge in [-0.25, -0.2) is 4.98 Å². The van der Waals surface area contributed by atoms with E-state index in [1.807, 2.05) is 25.5 Å². The van der Waals surface area contributed by atoms with Gasteiger partial charge in [-0.1, -0.05) is 11.6 Å². The summed E-state index contributed by atoms with van der Waals surface area (Å²) >= 11 is 9.29. The van der Waals surface area contributed by atoms with Gasteiger partial charge in [-0.3, -0.25) is 4.68 Å². The molecular weight excluding hydrogens is 304 g/mol. The molecule has 0 aliphatic carbocycles. The molecule has 0 aromatic carbocycles. The van der Waals surface area contributed by atoms with Crippen LogP contribution in [-0.2, 0) is 20.1 Å². The maximum atomic E-state index is 5.84. The van der Waals surface area contributed by atoms with Crippen LogP contribution in [0.25, 0.3) is 0 Å². The Kier molecular flexibility index (Phi) is 4.15. The third kappa shape index (κ3) is 3.52. The van der Waals surface area contributed by atoms with Gasteiger partial charge < -0.3 is 5.32 Å². The molecule has 2 heterocycles. The highest BCUT2D eigenvalue weighted by molar-refractivity contribution is 9.10. The molecule has 0 unspecified atom stereocenters. The fraction of sp³-hybridized carbons (Fsp3) is 0.273. The predicted octanol–water partition coefficient (Wildman–Crippen LogP) is 2.52. The molecule has 2 aromatic heterocycles. The highest BCUT2D eigenvalue weighted by Crippen LogP contribution is 2.17. The van der Waals surface area contributed by atoms with Crippen molar-refractivity contribution in [1.29, 1.82) is 0 Å². The fourth-order valence-corrected chi connectivity index (χ4v) is 2.00. The lowest BCUT2D eigenvalue weighted by Crippen LogP contribution is -2.13. The van der Waals surface area contributed by atoms with Crippen LogP contribution in [0.1, 0.15) is 11.3 Å². The zero-order valence-electron chi connectivity index (χ0n) is 9.32. The minimum atomic E-state index is 0.506. The molecule has 2 rings (SSSR count). The molecule has 0 saturated heterocycles. The Bertz CT molecular complexity index is 512. The van der Waals surface area contributed by atoms with Crippen molar-refractivity contribution in [2.45, 2.75) is 13.1 Å². The molecule has 0 bridgehead atoms. The molecule has 1 N–H and O–H groups in total. The molecule has 6 heteroatoms. The summed E-state index contributed by atoms with van der Waals surface area (Å²) in [6.45, 7) is 1.42. The van der Waals surface area contributed by atoms with Crippen LogP contribution in [0.5, 0.6) is 0 Å². The first-order valence-corrected chi connectivity index (χ1v) is 6.31. The molecule has 0 amide bonds. The molecule has 0 aliphatic heterocycles. The van der Waals surface area contributed by atoms with E-state index in [-0.39, 0.29) is 0 Å². The van der Waals surface area contributed by atoms with Crippen molar-refractivity contribution in [1.82, 2.24) is 20.1 Å². The lowest BCUT2D eigenvalue weighted by atomic mass is 10.3. The molecule has 0 aliphatic rings. The van der Waals surface area contributed by atoms with E-state index in [4.69, 9.17) is 11.6 Å². The van der Waals surface area contributed by atoms with Crippen LogP contribution in [0.3, 0.4) is 0 Å². The quantitative estimate of drug-likeness (QED) is 0.882. The number of aromatic nitrogens is 3. The Balaban J connectivity index is 1.91.